The summed E-state index contributed by atoms with van der Waals surface area (Å²) in [5.74, 6) is 0.419. The molecule has 0 amide bonds. The molecule has 0 saturated heterocycles. The number of alkyl halides is 1. The van der Waals surface area contributed by atoms with Crippen molar-refractivity contribution >= 4 is 21.7 Å². The summed E-state index contributed by atoms with van der Waals surface area (Å²) in [7, 11) is 0. The molecule has 2 nitrogen and oxygen atoms in total. The number of aryl methyl sites for hydroxylation is 1. The number of halogens is 1. The highest BCUT2D eigenvalue weighted by Gasteiger charge is 2.06. The van der Waals surface area contributed by atoms with Gasteiger partial charge in [-0.3, -0.25) is 4.79 Å². The highest BCUT2D eigenvalue weighted by Crippen LogP contribution is 2.18. The number of phenols is 1. The van der Waals surface area contributed by atoms with Crippen LogP contribution in [0.25, 0.3) is 0 Å². The summed E-state index contributed by atoms with van der Waals surface area (Å²) in [4.78, 5) is 11.2. The number of phenolic OH excluding ortho intramolecular Hbond substituents is 1. The molecule has 76 valence electrons. The molecule has 3 heteroatoms. The number of carbonyl (C=O) groups is 1. The lowest BCUT2D eigenvalue weighted by atomic mass is 10.0. The van der Waals surface area contributed by atoms with Gasteiger partial charge in [-0.1, -0.05) is 28.9 Å². The van der Waals surface area contributed by atoms with Crippen LogP contribution in [0.15, 0.2) is 18.2 Å². The fourth-order valence-corrected chi connectivity index (χ4v) is 1.57. The minimum atomic E-state index is 0.158. The van der Waals surface area contributed by atoms with E-state index in [4.69, 9.17) is 0 Å². The van der Waals surface area contributed by atoms with Crippen LogP contribution in [0.1, 0.15) is 18.1 Å². The maximum absolute atomic E-state index is 11.2. The Labute approximate surface area is 92.1 Å². The lowest BCUT2D eigenvalue weighted by molar-refractivity contribution is -0.115. The van der Waals surface area contributed by atoms with Crippen molar-refractivity contribution < 1.29 is 9.90 Å². The summed E-state index contributed by atoms with van der Waals surface area (Å²) in [6.45, 7) is 2.01. The van der Waals surface area contributed by atoms with E-state index in [1.165, 1.54) is 0 Å². The molecule has 0 aliphatic carbocycles. The summed E-state index contributed by atoms with van der Waals surface area (Å²) >= 11 is 3.13. The van der Waals surface area contributed by atoms with E-state index in [0.717, 1.165) is 17.5 Å². The number of benzene rings is 1. The zero-order chi connectivity index (χ0) is 10.6. The first-order valence-corrected chi connectivity index (χ1v) is 5.68. The second kappa shape index (κ2) is 5.15. The minimum absolute atomic E-state index is 0.158. The van der Waals surface area contributed by atoms with E-state index in [1.807, 2.05) is 13.0 Å². The van der Waals surface area contributed by atoms with Crippen molar-refractivity contribution in [3.05, 3.63) is 29.3 Å². The number of aromatic hydroxyl groups is 1. The van der Waals surface area contributed by atoms with Gasteiger partial charge in [-0.15, -0.1) is 0 Å². The van der Waals surface area contributed by atoms with Crippen LogP contribution in [0.4, 0.5) is 0 Å². The number of hydrogen-bond donors (Lipinski definition) is 1. The molecule has 0 aliphatic rings. The number of hydrogen-bond acceptors (Lipinski definition) is 2. The first-order chi connectivity index (χ1) is 6.67. The van der Waals surface area contributed by atoms with Gasteiger partial charge >= 0.3 is 0 Å². The Kier molecular flexibility index (Phi) is 4.14. The van der Waals surface area contributed by atoms with Gasteiger partial charge in [0.15, 0.2) is 0 Å². The van der Waals surface area contributed by atoms with E-state index >= 15 is 0 Å². The van der Waals surface area contributed by atoms with Gasteiger partial charge in [-0.2, -0.15) is 0 Å². The highest BCUT2D eigenvalue weighted by atomic mass is 79.9. The minimum Gasteiger partial charge on any atom is -0.508 e. The van der Waals surface area contributed by atoms with Crippen molar-refractivity contribution in [2.75, 3.05) is 5.33 Å². The van der Waals surface area contributed by atoms with Gasteiger partial charge in [-0.05, 0) is 29.7 Å². The molecule has 0 fully saturated rings. The molecule has 14 heavy (non-hydrogen) atoms. The molecule has 0 aliphatic heterocycles. The molecule has 0 atom stereocenters. The third kappa shape index (κ3) is 2.84. The van der Waals surface area contributed by atoms with Crippen molar-refractivity contribution in [2.45, 2.75) is 19.8 Å². The second-order valence-corrected chi connectivity index (χ2v) is 3.72. The van der Waals surface area contributed by atoms with Gasteiger partial charge in [0, 0.05) is 6.42 Å². The molecule has 1 rings (SSSR count). The fourth-order valence-electron chi connectivity index (χ4n) is 1.37. The number of Topliss-reactive ketones (excluding diaryl/α,β-unsaturated/α-hetero) is 1. The SMILES string of the molecule is CCc1cc(O)ccc1CC(=O)CBr. The highest BCUT2D eigenvalue weighted by molar-refractivity contribution is 9.09. The van der Waals surface area contributed by atoms with Gasteiger partial charge in [0.25, 0.3) is 0 Å². The Morgan fingerprint density at radius 2 is 2.14 bits per heavy atom. The molecule has 0 saturated carbocycles. The van der Waals surface area contributed by atoms with Crippen LogP contribution in [0.2, 0.25) is 0 Å². The van der Waals surface area contributed by atoms with Crippen LogP contribution in [0.3, 0.4) is 0 Å². The molecule has 0 spiro atoms. The smallest absolute Gasteiger partial charge is 0.147 e. The Morgan fingerprint density at radius 3 is 2.71 bits per heavy atom. The summed E-state index contributed by atoms with van der Waals surface area (Å²) < 4.78 is 0. The third-order valence-corrected chi connectivity index (χ3v) is 2.73. The summed E-state index contributed by atoms with van der Waals surface area (Å²) in [6, 6.07) is 5.15. The molecular weight excluding hydrogens is 244 g/mol. The van der Waals surface area contributed by atoms with Gasteiger partial charge in [0.1, 0.15) is 11.5 Å². The van der Waals surface area contributed by atoms with Crippen LogP contribution in [0.5, 0.6) is 5.75 Å². The first-order valence-electron chi connectivity index (χ1n) is 4.55. The predicted octanol–water partition coefficient (Wildman–Crippen LogP) is 2.46. The normalized spacial score (nSPS) is 10.1. The Hall–Kier alpha value is -0.830. The van der Waals surface area contributed by atoms with Gasteiger partial charge in [0.2, 0.25) is 0 Å². The molecule has 1 aromatic carbocycles. The van der Waals surface area contributed by atoms with Crippen LogP contribution < -0.4 is 0 Å². The van der Waals surface area contributed by atoms with Crippen molar-refractivity contribution in [3.8, 4) is 5.75 Å². The van der Waals surface area contributed by atoms with E-state index in [9.17, 15) is 9.90 Å². The van der Waals surface area contributed by atoms with E-state index < -0.39 is 0 Å². The second-order valence-electron chi connectivity index (χ2n) is 3.16. The number of carbonyl (C=O) groups excluding carboxylic acids is 1. The maximum atomic E-state index is 11.2. The zero-order valence-corrected chi connectivity index (χ0v) is 9.67. The largest absolute Gasteiger partial charge is 0.508 e. The van der Waals surface area contributed by atoms with E-state index in [0.29, 0.717) is 11.8 Å². The Bertz CT molecular complexity index is 334. The maximum Gasteiger partial charge on any atom is 0.147 e. The number of rotatable bonds is 4. The standard InChI is InChI=1S/C11H13BrO2/c1-2-8-5-10(13)4-3-9(8)6-11(14)7-12/h3-5,13H,2,6-7H2,1H3. The van der Waals surface area contributed by atoms with Crippen molar-refractivity contribution in [1.29, 1.82) is 0 Å². The van der Waals surface area contributed by atoms with E-state index in [-0.39, 0.29) is 11.5 Å². The van der Waals surface area contributed by atoms with Crippen LogP contribution in [-0.2, 0) is 17.6 Å². The van der Waals surface area contributed by atoms with Crippen molar-refractivity contribution in [3.63, 3.8) is 0 Å². The molecule has 1 N–H and O–H groups in total. The van der Waals surface area contributed by atoms with Crippen molar-refractivity contribution in [1.82, 2.24) is 0 Å². The van der Waals surface area contributed by atoms with Gasteiger partial charge in [0.05, 0.1) is 5.33 Å². The van der Waals surface area contributed by atoms with Gasteiger partial charge in [-0.25, -0.2) is 0 Å². The molecule has 0 radical (unpaired) electrons. The van der Waals surface area contributed by atoms with Crippen molar-refractivity contribution in [2.24, 2.45) is 0 Å². The van der Waals surface area contributed by atoms with Crippen LogP contribution >= 0.6 is 15.9 Å². The summed E-state index contributed by atoms with van der Waals surface area (Å²) in [5, 5.41) is 9.65. The summed E-state index contributed by atoms with van der Waals surface area (Å²) in [5.41, 5.74) is 2.05. The van der Waals surface area contributed by atoms with E-state index in [2.05, 4.69) is 15.9 Å². The quantitative estimate of drug-likeness (QED) is 0.841. The Morgan fingerprint density at radius 1 is 1.43 bits per heavy atom. The first kappa shape index (κ1) is 11.2. The van der Waals surface area contributed by atoms with Gasteiger partial charge < -0.3 is 5.11 Å². The molecule has 0 bridgehead atoms. The summed E-state index contributed by atoms with van der Waals surface area (Å²) in [6.07, 6.45) is 1.27. The monoisotopic (exact) mass is 256 g/mol. The third-order valence-electron chi connectivity index (χ3n) is 2.11. The molecule has 0 unspecified atom stereocenters. The molecule has 0 aromatic heterocycles. The van der Waals surface area contributed by atoms with Crippen LogP contribution in [-0.4, -0.2) is 16.2 Å². The molecule has 1 aromatic rings. The van der Waals surface area contributed by atoms with Crippen LogP contribution in [0, 0.1) is 0 Å². The Balaban J connectivity index is 2.90. The zero-order valence-electron chi connectivity index (χ0n) is 8.09. The average molecular weight is 257 g/mol. The average Bonchev–Trinajstić information content (AvgIpc) is 2.20. The lowest BCUT2D eigenvalue weighted by Gasteiger charge is -2.06. The lowest BCUT2D eigenvalue weighted by Crippen LogP contribution is -2.05. The topological polar surface area (TPSA) is 37.3 Å². The fraction of sp³-hybridized carbons (Fsp3) is 0.364. The van der Waals surface area contributed by atoms with E-state index in [1.54, 1.807) is 12.1 Å². The predicted molar refractivity (Wildman–Crippen MR) is 60.0 cm³/mol. The molecule has 0 heterocycles. The number of ketones is 1. The molecular formula is C11H13BrO2.